The van der Waals surface area contributed by atoms with Crippen molar-refractivity contribution in [3.8, 4) is 11.5 Å². The Balaban J connectivity index is 2.02. The Bertz CT molecular complexity index is 716. The van der Waals surface area contributed by atoms with Crippen molar-refractivity contribution in [3.05, 3.63) is 29.8 Å². The van der Waals surface area contributed by atoms with Gasteiger partial charge in [-0.05, 0) is 23.8 Å². The van der Waals surface area contributed by atoms with Gasteiger partial charge in [-0.1, -0.05) is 6.07 Å². The Morgan fingerprint density at radius 2 is 1.81 bits per heavy atom. The molecule has 1 aliphatic carbocycles. The normalized spacial score (nSPS) is 28.0. The van der Waals surface area contributed by atoms with Gasteiger partial charge in [0.2, 0.25) is 0 Å². The van der Waals surface area contributed by atoms with Gasteiger partial charge in [-0.2, -0.15) is 0 Å². The highest BCUT2D eigenvalue weighted by molar-refractivity contribution is 5.87. The zero-order valence-corrected chi connectivity index (χ0v) is 14.9. The van der Waals surface area contributed by atoms with Crippen LogP contribution in [0.15, 0.2) is 24.3 Å². The van der Waals surface area contributed by atoms with Crippen LogP contribution < -0.4 is 4.74 Å². The molecular formula is C18H22O9. The minimum absolute atomic E-state index is 0.0521. The highest BCUT2D eigenvalue weighted by atomic mass is 16.6. The van der Waals surface area contributed by atoms with E-state index in [0.717, 1.165) is 13.2 Å². The van der Waals surface area contributed by atoms with Gasteiger partial charge in [-0.15, -0.1) is 0 Å². The zero-order valence-electron chi connectivity index (χ0n) is 14.9. The molecule has 0 aliphatic heterocycles. The van der Waals surface area contributed by atoms with Crippen LogP contribution in [0, 0.1) is 0 Å². The molecule has 9 nitrogen and oxygen atoms in total. The third kappa shape index (κ3) is 4.76. The molecule has 1 saturated carbocycles. The molecule has 1 aromatic carbocycles. The van der Waals surface area contributed by atoms with Gasteiger partial charge >= 0.3 is 11.9 Å². The van der Waals surface area contributed by atoms with Crippen LogP contribution in [0.5, 0.6) is 11.5 Å². The fourth-order valence-electron chi connectivity index (χ4n) is 2.91. The lowest BCUT2D eigenvalue weighted by molar-refractivity contribution is -0.198. The molecule has 0 aromatic heterocycles. The molecule has 0 unspecified atom stereocenters. The number of ether oxygens (including phenoxy) is 3. The number of rotatable bonds is 5. The molecule has 0 saturated heterocycles. The van der Waals surface area contributed by atoms with E-state index in [4.69, 9.17) is 9.47 Å². The van der Waals surface area contributed by atoms with E-state index in [1.54, 1.807) is 6.07 Å². The average Bonchev–Trinajstić information content (AvgIpc) is 2.63. The fraction of sp³-hybridized carbons (Fsp3) is 0.444. The fourth-order valence-corrected chi connectivity index (χ4v) is 2.91. The van der Waals surface area contributed by atoms with Crippen LogP contribution >= 0.6 is 0 Å². The number of aliphatic hydroxyl groups excluding tert-OH is 2. The number of methoxy groups -OCH3 is 2. The maximum atomic E-state index is 12.0. The van der Waals surface area contributed by atoms with Crippen molar-refractivity contribution in [2.75, 3.05) is 14.2 Å². The molecule has 0 bridgehead atoms. The number of esters is 2. The van der Waals surface area contributed by atoms with E-state index in [1.165, 1.54) is 25.3 Å². The summed E-state index contributed by atoms with van der Waals surface area (Å²) in [5.41, 5.74) is -1.50. The smallest absolute Gasteiger partial charge is 0.338 e. The number of aliphatic hydroxyl groups is 3. The van der Waals surface area contributed by atoms with E-state index in [9.17, 15) is 30.0 Å². The number of benzene rings is 1. The first-order chi connectivity index (χ1) is 12.7. The molecule has 148 valence electrons. The van der Waals surface area contributed by atoms with Gasteiger partial charge in [-0.3, -0.25) is 0 Å². The quantitative estimate of drug-likeness (QED) is 0.400. The maximum absolute atomic E-state index is 12.0. The molecule has 1 fully saturated rings. The monoisotopic (exact) mass is 382 g/mol. The van der Waals surface area contributed by atoms with Crippen LogP contribution in [0.1, 0.15) is 18.4 Å². The Kier molecular flexibility index (Phi) is 6.42. The topological polar surface area (TPSA) is 143 Å². The highest BCUT2D eigenvalue weighted by Crippen LogP contribution is 2.32. The van der Waals surface area contributed by atoms with Gasteiger partial charge in [0.15, 0.2) is 23.2 Å². The third-order valence-electron chi connectivity index (χ3n) is 4.29. The summed E-state index contributed by atoms with van der Waals surface area (Å²) in [7, 11) is 2.46. The number of hydrogen-bond donors (Lipinski definition) is 4. The van der Waals surface area contributed by atoms with Gasteiger partial charge in [0.25, 0.3) is 0 Å². The van der Waals surface area contributed by atoms with E-state index < -0.39 is 48.7 Å². The van der Waals surface area contributed by atoms with E-state index in [1.807, 2.05) is 0 Å². The second-order valence-electron chi connectivity index (χ2n) is 6.23. The van der Waals surface area contributed by atoms with Crippen molar-refractivity contribution in [2.24, 2.45) is 0 Å². The van der Waals surface area contributed by atoms with Crippen molar-refractivity contribution in [2.45, 2.75) is 36.8 Å². The third-order valence-corrected chi connectivity index (χ3v) is 4.29. The molecule has 4 N–H and O–H groups in total. The summed E-state index contributed by atoms with van der Waals surface area (Å²) < 4.78 is 14.5. The molecule has 0 radical (unpaired) electrons. The largest absolute Gasteiger partial charge is 0.504 e. The molecule has 2 rings (SSSR count). The lowest BCUT2D eigenvalue weighted by Gasteiger charge is -2.39. The first-order valence-electron chi connectivity index (χ1n) is 8.13. The first-order valence-corrected chi connectivity index (χ1v) is 8.13. The number of carbonyl (C=O) groups excluding carboxylic acids is 2. The van der Waals surface area contributed by atoms with Gasteiger partial charge in [0.1, 0.15) is 0 Å². The van der Waals surface area contributed by atoms with Crippen LogP contribution in [0.3, 0.4) is 0 Å². The van der Waals surface area contributed by atoms with Crippen molar-refractivity contribution < 1.29 is 44.2 Å². The van der Waals surface area contributed by atoms with E-state index in [-0.39, 0.29) is 11.5 Å². The molecule has 1 aromatic rings. The summed E-state index contributed by atoms with van der Waals surface area (Å²) in [5.74, 6) is -1.64. The maximum Gasteiger partial charge on any atom is 0.338 e. The van der Waals surface area contributed by atoms with Gasteiger partial charge < -0.3 is 34.6 Å². The predicted octanol–water partition coefficient (Wildman–Crippen LogP) is -0.255. The molecule has 9 heteroatoms. The van der Waals surface area contributed by atoms with Crippen LogP contribution in [0.2, 0.25) is 0 Å². The number of carbonyl (C=O) groups is 2. The Labute approximate surface area is 155 Å². The number of phenolic OH excluding ortho intramolecular Hbond substituents is 1. The van der Waals surface area contributed by atoms with Crippen LogP contribution in [-0.2, 0) is 19.1 Å². The molecule has 0 heterocycles. The molecule has 0 amide bonds. The SMILES string of the molecule is COC(=O)C1(O)C[C@@H](O)C(OC(=O)/C=C/c2ccc(O)c(OC)c2)[C@H](O)C1. The molecule has 27 heavy (non-hydrogen) atoms. The molecule has 0 spiro atoms. The van der Waals surface area contributed by atoms with Crippen molar-refractivity contribution in [1.82, 2.24) is 0 Å². The Morgan fingerprint density at radius 3 is 2.37 bits per heavy atom. The summed E-state index contributed by atoms with van der Waals surface area (Å²) >= 11 is 0. The van der Waals surface area contributed by atoms with E-state index >= 15 is 0 Å². The number of phenols is 1. The standard InChI is InChI=1S/C18H22O9/c1-25-14-7-10(3-5-11(14)19)4-6-15(22)27-16-12(20)8-18(24,9-13(16)21)17(23)26-2/h3-7,12-13,16,19-21,24H,8-9H2,1-2H3/b6-4+/t12-,13-,16?,18?/m1/s1. The van der Waals surface area contributed by atoms with Crippen LogP contribution in [0.4, 0.5) is 0 Å². The minimum Gasteiger partial charge on any atom is -0.504 e. The van der Waals surface area contributed by atoms with Gasteiger partial charge in [0.05, 0.1) is 26.4 Å². The average molecular weight is 382 g/mol. The summed E-state index contributed by atoms with van der Waals surface area (Å²) in [6.07, 6.45) is -2.61. The first kappa shape index (κ1) is 20.7. The number of aromatic hydroxyl groups is 1. The summed E-state index contributed by atoms with van der Waals surface area (Å²) in [4.78, 5) is 23.6. The lowest BCUT2D eigenvalue weighted by atomic mass is 9.79. The highest BCUT2D eigenvalue weighted by Gasteiger charge is 2.50. The van der Waals surface area contributed by atoms with Crippen LogP contribution in [-0.4, -0.2) is 70.5 Å². The summed E-state index contributed by atoms with van der Waals surface area (Å²) in [6, 6.07) is 4.44. The Hall–Kier alpha value is -2.62. The summed E-state index contributed by atoms with van der Waals surface area (Å²) in [6.45, 7) is 0. The van der Waals surface area contributed by atoms with Gasteiger partial charge in [0, 0.05) is 18.9 Å². The van der Waals surface area contributed by atoms with Crippen molar-refractivity contribution in [1.29, 1.82) is 0 Å². The molecule has 1 aliphatic rings. The van der Waals surface area contributed by atoms with E-state index in [2.05, 4.69) is 4.74 Å². The zero-order chi connectivity index (χ0) is 20.2. The lowest BCUT2D eigenvalue weighted by Crippen LogP contribution is -2.57. The Morgan fingerprint density at radius 1 is 1.19 bits per heavy atom. The second-order valence-corrected chi connectivity index (χ2v) is 6.23. The van der Waals surface area contributed by atoms with Crippen LogP contribution in [0.25, 0.3) is 6.08 Å². The molecule has 2 atom stereocenters. The predicted molar refractivity (Wildman–Crippen MR) is 91.8 cm³/mol. The molecular weight excluding hydrogens is 360 g/mol. The summed E-state index contributed by atoms with van der Waals surface area (Å²) in [5, 5.41) is 39.9. The minimum atomic E-state index is -2.05. The van der Waals surface area contributed by atoms with Gasteiger partial charge in [-0.25, -0.2) is 9.59 Å². The van der Waals surface area contributed by atoms with E-state index in [0.29, 0.717) is 5.56 Å². The van der Waals surface area contributed by atoms with Crippen molar-refractivity contribution >= 4 is 18.0 Å². The van der Waals surface area contributed by atoms with Crippen molar-refractivity contribution in [3.63, 3.8) is 0 Å². The second kappa shape index (κ2) is 8.38. The number of hydrogen-bond acceptors (Lipinski definition) is 9.